The van der Waals surface area contributed by atoms with Crippen LogP contribution in [0.5, 0.6) is 11.5 Å². The Morgan fingerprint density at radius 1 is 1.22 bits per heavy atom. The van der Waals surface area contributed by atoms with Gasteiger partial charge in [-0.1, -0.05) is 30.6 Å². The second-order valence-electron chi connectivity index (χ2n) is 5.95. The molecule has 5 heteroatoms. The molecule has 120 valence electrons. The number of rotatable bonds is 4. The van der Waals surface area contributed by atoms with Gasteiger partial charge in [-0.3, -0.25) is 0 Å². The van der Waals surface area contributed by atoms with Gasteiger partial charge >= 0.3 is 0 Å². The van der Waals surface area contributed by atoms with Crippen LogP contribution in [0.1, 0.15) is 19.6 Å². The Balaban J connectivity index is 2.11. The number of methoxy groups -OCH3 is 1. The molecule has 0 aliphatic heterocycles. The Morgan fingerprint density at radius 3 is 2.70 bits per heavy atom. The van der Waals surface area contributed by atoms with Gasteiger partial charge in [0.2, 0.25) is 0 Å². The van der Waals surface area contributed by atoms with E-state index in [2.05, 4.69) is 19.0 Å². The van der Waals surface area contributed by atoms with Crippen LogP contribution in [0.3, 0.4) is 0 Å². The molecule has 0 aliphatic carbocycles. The van der Waals surface area contributed by atoms with Gasteiger partial charge in [0.05, 0.1) is 12.1 Å². The highest BCUT2D eigenvalue weighted by atomic mass is 35.5. The molecule has 0 saturated carbocycles. The molecule has 0 radical (unpaired) electrons. The molecule has 3 aromatic rings. The SMILES string of the molecule is COc1ccc2c(O)cc(-c3cc(CC(C)C)on3)cc2c1Cl. The average molecular weight is 332 g/mol. The van der Waals surface area contributed by atoms with Gasteiger partial charge in [0.15, 0.2) is 0 Å². The molecule has 3 rings (SSSR count). The van der Waals surface area contributed by atoms with Gasteiger partial charge < -0.3 is 14.4 Å². The minimum Gasteiger partial charge on any atom is -0.507 e. The van der Waals surface area contributed by atoms with Crippen molar-refractivity contribution in [2.45, 2.75) is 20.3 Å². The normalized spacial score (nSPS) is 11.3. The number of benzene rings is 2. The van der Waals surface area contributed by atoms with E-state index in [-0.39, 0.29) is 5.75 Å². The smallest absolute Gasteiger partial charge is 0.138 e. The van der Waals surface area contributed by atoms with Crippen molar-refractivity contribution >= 4 is 22.4 Å². The molecule has 0 atom stereocenters. The third kappa shape index (κ3) is 2.99. The summed E-state index contributed by atoms with van der Waals surface area (Å²) in [7, 11) is 1.56. The Hall–Kier alpha value is -2.20. The first-order valence-electron chi connectivity index (χ1n) is 7.44. The molecule has 0 amide bonds. The lowest BCUT2D eigenvalue weighted by atomic mass is 10.0. The third-order valence-electron chi connectivity index (χ3n) is 3.70. The largest absolute Gasteiger partial charge is 0.507 e. The van der Waals surface area contributed by atoms with E-state index in [1.807, 2.05) is 12.1 Å². The standard InChI is InChI=1S/C18H18ClNO3/c1-10(2)6-12-9-15(20-23-12)11-7-14-13(16(21)8-11)4-5-17(22-3)18(14)19/h4-5,7-10,21H,6H2,1-3H3. The van der Waals surface area contributed by atoms with Crippen molar-refractivity contribution in [3.8, 4) is 22.8 Å². The molecule has 0 unspecified atom stereocenters. The Morgan fingerprint density at radius 2 is 2.00 bits per heavy atom. The van der Waals surface area contributed by atoms with Crippen LogP contribution in [0.25, 0.3) is 22.0 Å². The number of phenols is 1. The molecule has 4 nitrogen and oxygen atoms in total. The van der Waals surface area contributed by atoms with E-state index in [9.17, 15) is 5.11 Å². The summed E-state index contributed by atoms with van der Waals surface area (Å²) >= 11 is 6.37. The minimum atomic E-state index is 0.149. The maximum Gasteiger partial charge on any atom is 0.138 e. The van der Waals surface area contributed by atoms with E-state index >= 15 is 0 Å². The monoisotopic (exact) mass is 331 g/mol. The minimum absolute atomic E-state index is 0.149. The van der Waals surface area contributed by atoms with Crippen LogP contribution in [0, 0.1) is 5.92 Å². The molecule has 1 N–H and O–H groups in total. The lowest BCUT2D eigenvalue weighted by molar-refractivity contribution is 0.370. The van der Waals surface area contributed by atoms with Gasteiger partial charge in [0, 0.05) is 28.8 Å². The summed E-state index contributed by atoms with van der Waals surface area (Å²) < 4.78 is 10.6. The van der Waals surface area contributed by atoms with Crippen LogP contribution in [-0.4, -0.2) is 17.4 Å². The van der Waals surface area contributed by atoms with Crippen LogP contribution in [0.4, 0.5) is 0 Å². The first kappa shape index (κ1) is 15.7. The van der Waals surface area contributed by atoms with Crippen LogP contribution in [0.15, 0.2) is 34.9 Å². The van der Waals surface area contributed by atoms with Gasteiger partial charge in [-0.15, -0.1) is 0 Å². The van der Waals surface area contributed by atoms with E-state index in [1.54, 1.807) is 25.3 Å². The third-order valence-corrected chi connectivity index (χ3v) is 4.09. The lowest BCUT2D eigenvalue weighted by Gasteiger charge is -2.09. The molecule has 23 heavy (non-hydrogen) atoms. The zero-order chi connectivity index (χ0) is 16.6. The predicted octanol–water partition coefficient (Wildman–Crippen LogP) is 5.06. The predicted molar refractivity (Wildman–Crippen MR) is 91.2 cm³/mol. The topological polar surface area (TPSA) is 55.5 Å². The van der Waals surface area contributed by atoms with E-state index < -0.39 is 0 Å². The molecule has 1 aromatic heterocycles. The number of aromatic hydroxyl groups is 1. The molecule has 1 heterocycles. The summed E-state index contributed by atoms with van der Waals surface area (Å²) in [6, 6.07) is 8.97. The fourth-order valence-corrected chi connectivity index (χ4v) is 2.91. The maximum atomic E-state index is 10.3. The summed E-state index contributed by atoms with van der Waals surface area (Å²) in [5.41, 5.74) is 1.43. The molecule has 0 spiro atoms. The summed E-state index contributed by atoms with van der Waals surface area (Å²) in [5, 5.41) is 16.2. The molecular formula is C18H18ClNO3. The number of hydrogen-bond donors (Lipinski definition) is 1. The van der Waals surface area contributed by atoms with Crippen molar-refractivity contribution in [3.05, 3.63) is 41.1 Å². The van der Waals surface area contributed by atoms with E-state index in [0.29, 0.717) is 27.8 Å². The van der Waals surface area contributed by atoms with Crippen molar-refractivity contribution in [1.82, 2.24) is 5.16 Å². The van der Waals surface area contributed by atoms with Gasteiger partial charge in [-0.25, -0.2) is 0 Å². The Labute approximate surface area is 139 Å². The molecule has 2 aromatic carbocycles. The van der Waals surface area contributed by atoms with Gasteiger partial charge in [0.25, 0.3) is 0 Å². The van der Waals surface area contributed by atoms with Crippen molar-refractivity contribution in [2.24, 2.45) is 5.92 Å². The molecule has 0 fully saturated rings. The number of phenolic OH excluding ortho intramolecular Hbond substituents is 1. The number of fused-ring (bicyclic) bond motifs is 1. The number of aromatic nitrogens is 1. The Kier molecular flexibility index (Phi) is 4.18. The van der Waals surface area contributed by atoms with Crippen molar-refractivity contribution in [1.29, 1.82) is 0 Å². The highest BCUT2D eigenvalue weighted by molar-refractivity contribution is 6.37. The average Bonchev–Trinajstić information content (AvgIpc) is 2.96. The van der Waals surface area contributed by atoms with Gasteiger partial charge in [0.1, 0.15) is 23.0 Å². The van der Waals surface area contributed by atoms with Crippen molar-refractivity contribution < 1.29 is 14.4 Å². The van der Waals surface area contributed by atoms with Crippen LogP contribution in [0.2, 0.25) is 5.02 Å². The summed E-state index contributed by atoms with van der Waals surface area (Å²) in [5.74, 6) is 2.03. The second-order valence-corrected chi connectivity index (χ2v) is 6.33. The zero-order valence-electron chi connectivity index (χ0n) is 13.3. The fraction of sp³-hybridized carbons (Fsp3) is 0.278. The second kappa shape index (κ2) is 6.13. The molecular weight excluding hydrogens is 314 g/mol. The van der Waals surface area contributed by atoms with Gasteiger partial charge in [-0.2, -0.15) is 0 Å². The molecule has 0 bridgehead atoms. The number of nitrogens with zero attached hydrogens (tertiary/aromatic N) is 1. The van der Waals surface area contributed by atoms with Crippen LogP contribution >= 0.6 is 11.6 Å². The highest BCUT2D eigenvalue weighted by Gasteiger charge is 2.14. The number of hydrogen-bond acceptors (Lipinski definition) is 4. The van der Waals surface area contributed by atoms with Crippen LogP contribution < -0.4 is 4.74 Å². The first-order chi connectivity index (χ1) is 11.0. The van der Waals surface area contributed by atoms with E-state index in [4.69, 9.17) is 20.9 Å². The lowest BCUT2D eigenvalue weighted by Crippen LogP contribution is -1.90. The van der Waals surface area contributed by atoms with E-state index in [1.165, 1.54) is 0 Å². The van der Waals surface area contributed by atoms with Crippen molar-refractivity contribution in [3.63, 3.8) is 0 Å². The van der Waals surface area contributed by atoms with E-state index in [0.717, 1.165) is 23.1 Å². The highest BCUT2D eigenvalue weighted by Crippen LogP contribution is 2.39. The quantitative estimate of drug-likeness (QED) is 0.726. The van der Waals surface area contributed by atoms with Crippen molar-refractivity contribution in [2.75, 3.05) is 7.11 Å². The number of halogens is 1. The van der Waals surface area contributed by atoms with Gasteiger partial charge in [-0.05, 0) is 30.2 Å². The Bertz CT molecular complexity index is 855. The molecule has 0 saturated heterocycles. The summed E-state index contributed by atoms with van der Waals surface area (Å²) in [6.45, 7) is 4.24. The fourth-order valence-electron chi connectivity index (χ4n) is 2.61. The zero-order valence-corrected chi connectivity index (χ0v) is 14.0. The first-order valence-corrected chi connectivity index (χ1v) is 7.82. The summed E-state index contributed by atoms with van der Waals surface area (Å²) in [4.78, 5) is 0. The summed E-state index contributed by atoms with van der Waals surface area (Å²) in [6.07, 6.45) is 0.821. The molecule has 0 aliphatic rings. The maximum absolute atomic E-state index is 10.3. The number of ether oxygens (including phenoxy) is 1. The van der Waals surface area contributed by atoms with Crippen LogP contribution in [-0.2, 0) is 6.42 Å².